The van der Waals surface area contributed by atoms with Crippen LogP contribution in [0.1, 0.15) is 18.4 Å². The van der Waals surface area contributed by atoms with E-state index in [4.69, 9.17) is 15.6 Å². The molecule has 2 amide bonds. The number of rotatable bonds is 7. The molecule has 0 heterocycles. The normalized spacial score (nSPS) is 15.0. The highest BCUT2D eigenvalue weighted by Crippen LogP contribution is 2.46. The van der Waals surface area contributed by atoms with E-state index in [1.165, 1.54) is 0 Å². The van der Waals surface area contributed by atoms with Crippen LogP contribution >= 0.6 is 0 Å². The molecule has 0 spiro atoms. The summed E-state index contributed by atoms with van der Waals surface area (Å²) in [5.41, 5.74) is 4.48. The quantitative estimate of drug-likeness (QED) is 0.613. The van der Waals surface area contributed by atoms with Gasteiger partial charge in [0.25, 0.3) is 5.91 Å². The topological polar surface area (TPSA) is 119 Å². The third kappa shape index (κ3) is 3.50. The molecule has 1 aliphatic carbocycles. The Balaban J connectivity index is 1.91. The van der Waals surface area contributed by atoms with Crippen LogP contribution in [0, 0.1) is 5.41 Å². The first-order valence-corrected chi connectivity index (χ1v) is 6.46. The molecular formula is C14H16N2O5. The molecule has 7 heteroatoms. The minimum Gasteiger partial charge on any atom is -0.484 e. The highest BCUT2D eigenvalue weighted by Gasteiger charge is 2.56. The van der Waals surface area contributed by atoms with Crippen molar-refractivity contribution in [1.82, 2.24) is 5.32 Å². The number of primary amides is 1. The van der Waals surface area contributed by atoms with Gasteiger partial charge < -0.3 is 20.9 Å². The maximum absolute atomic E-state index is 11.9. The fourth-order valence-electron chi connectivity index (χ4n) is 1.91. The van der Waals surface area contributed by atoms with Crippen molar-refractivity contribution in [2.24, 2.45) is 11.1 Å². The van der Waals surface area contributed by atoms with Crippen LogP contribution in [0.2, 0.25) is 0 Å². The first-order chi connectivity index (χ1) is 9.94. The van der Waals surface area contributed by atoms with E-state index < -0.39 is 23.2 Å². The summed E-state index contributed by atoms with van der Waals surface area (Å²) in [6.07, 6.45) is 0.742. The minimum atomic E-state index is -1.25. The van der Waals surface area contributed by atoms with Crippen molar-refractivity contribution in [3.8, 4) is 5.75 Å². The summed E-state index contributed by atoms with van der Waals surface area (Å²) < 4.78 is 5.15. The molecule has 0 unspecified atom stereocenters. The van der Waals surface area contributed by atoms with Crippen molar-refractivity contribution in [2.75, 3.05) is 6.61 Å². The van der Waals surface area contributed by atoms with Crippen molar-refractivity contribution in [3.05, 3.63) is 29.8 Å². The summed E-state index contributed by atoms with van der Waals surface area (Å²) in [6.45, 7) is -0.0282. The lowest BCUT2D eigenvalue weighted by molar-refractivity contribution is -0.149. The van der Waals surface area contributed by atoms with Gasteiger partial charge in [0.15, 0.2) is 6.61 Å². The fraction of sp³-hybridized carbons (Fsp3) is 0.357. The predicted molar refractivity (Wildman–Crippen MR) is 72.3 cm³/mol. The molecule has 0 aliphatic heterocycles. The predicted octanol–water partition coefficient (Wildman–Crippen LogP) is 0.0317. The van der Waals surface area contributed by atoms with E-state index in [0.717, 1.165) is 5.56 Å². The summed E-state index contributed by atoms with van der Waals surface area (Å²) in [5, 5.41) is 11.6. The van der Waals surface area contributed by atoms with Crippen LogP contribution in [-0.4, -0.2) is 29.5 Å². The standard InChI is InChI=1S/C14H16N2O5/c15-11(17)8-21-10-3-1-2-9(6-10)7-16-12(18)14(4-5-14)13(19)20/h1-3,6H,4-5,7-8H2,(H2,15,17)(H,16,18)(H,19,20). The Kier molecular flexibility index (Phi) is 4.11. The van der Waals surface area contributed by atoms with Crippen LogP contribution in [0.15, 0.2) is 24.3 Å². The number of carbonyl (C=O) groups is 3. The van der Waals surface area contributed by atoms with Crippen molar-refractivity contribution in [1.29, 1.82) is 0 Å². The van der Waals surface area contributed by atoms with Crippen LogP contribution < -0.4 is 15.8 Å². The summed E-state index contributed by atoms with van der Waals surface area (Å²) in [5.74, 6) is -1.68. The summed E-state index contributed by atoms with van der Waals surface area (Å²) in [6, 6.07) is 6.79. The molecule has 0 aromatic heterocycles. The lowest BCUT2D eigenvalue weighted by Crippen LogP contribution is -2.36. The third-order valence-corrected chi connectivity index (χ3v) is 3.33. The van der Waals surface area contributed by atoms with E-state index in [0.29, 0.717) is 18.6 Å². The summed E-state index contributed by atoms with van der Waals surface area (Å²) in [7, 11) is 0. The van der Waals surface area contributed by atoms with E-state index in [-0.39, 0.29) is 13.2 Å². The second-order valence-electron chi connectivity index (χ2n) is 4.97. The molecular weight excluding hydrogens is 276 g/mol. The molecule has 1 saturated carbocycles. The van der Waals surface area contributed by atoms with Gasteiger partial charge in [0.1, 0.15) is 11.2 Å². The van der Waals surface area contributed by atoms with Crippen molar-refractivity contribution >= 4 is 17.8 Å². The smallest absolute Gasteiger partial charge is 0.319 e. The van der Waals surface area contributed by atoms with Gasteiger partial charge in [-0.2, -0.15) is 0 Å². The molecule has 1 aromatic carbocycles. The average Bonchev–Trinajstić information content (AvgIpc) is 3.24. The molecule has 7 nitrogen and oxygen atoms in total. The molecule has 2 rings (SSSR count). The van der Waals surface area contributed by atoms with Crippen LogP contribution in [0.5, 0.6) is 5.75 Å². The van der Waals surface area contributed by atoms with Crippen molar-refractivity contribution in [3.63, 3.8) is 0 Å². The average molecular weight is 292 g/mol. The van der Waals surface area contributed by atoms with Gasteiger partial charge >= 0.3 is 5.97 Å². The zero-order valence-electron chi connectivity index (χ0n) is 11.3. The Labute approximate surface area is 121 Å². The fourth-order valence-corrected chi connectivity index (χ4v) is 1.91. The van der Waals surface area contributed by atoms with E-state index in [9.17, 15) is 14.4 Å². The number of carboxylic acids is 1. The van der Waals surface area contributed by atoms with Gasteiger partial charge in [-0.3, -0.25) is 14.4 Å². The molecule has 0 atom stereocenters. The zero-order chi connectivity index (χ0) is 15.5. The Bertz CT molecular complexity index is 580. The molecule has 1 aliphatic rings. The van der Waals surface area contributed by atoms with Gasteiger partial charge in [-0.05, 0) is 30.5 Å². The first kappa shape index (κ1) is 14.8. The van der Waals surface area contributed by atoms with Crippen LogP contribution in [-0.2, 0) is 20.9 Å². The molecule has 0 saturated heterocycles. The van der Waals surface area contributed by atoms with E-state index >= 15 is 0 Å². The minimum absolute atomic E-state index is 0.196. The number of nitrogens with one attached hydrogen (secondary N) is 1. The SMILES string of the molecule is NC(=O)COc1cccc(CNC(=O)C2(C(=O)O)CC2)c1. The lowest BCUT2D eigenvalue weighted by Gasteiger charge is -2.11. The molecule has 0 radical (unpaired) electrons. The number of aliphatic carboxylic acids is 1. The number of ether oxygens (including phenoxy) is 1. The number of carbonyl (C=O) groups excluding carboxylic acids is 2. The number of amides is 2. The second kappa shape index (κ2) is 5.82. The number of hydrogen-bond donors (Lipinski definition) is 3. The lowest BCUT2D eigenvalue weighted by atomic mass is 10.1. The molecule has 1 fully saturated rings. The number of carboxylic acid groups (broad SMARTS) is 1. The summed E-state index contributed by atoms with van der Waals surface area (Å²) in [4.78, 5) is 33.5. The molecule has 4 N–H and O–H groups in total. The highest BCUT2D eigenvalue weighted by molar-refractivity contribution is 6.04. The van der Waals surface area contributed by atoms with E-state index in [1.54, 1.807) is 24.3 Å². The Hall–Kier alpha value is -2.57. The van der Waals surface area contributed by atoms with Gasteiger partial charge in [-0.1, -0.05) is 12.1 Å². The zero-order valence-corrected chi connectivity index (χ0v) is 11.3. The van der Waals surface area contributed by atoms with Crippen LogP contribution in [0.3, 0.4) is 0 Å². The molecule has 0 bridgehead atoms. The summed E-state index contributed by atoms with van der Waals surface area (Å²) >= 11 is 0. The first-order valence-electron chi connectivity index (χ1n) is 6.46. The molecule has 21 heavy (non-hydrogen) atoms. The highest BCUT2D eigenvalue weighted by atomic mass is 16.5. The monoisotopic (exact) mass is 292 g/mol. The van der Waals surface area contributed by atoms with Gasteiger partial charge in [0.2, 0.25) is 5.91 Å². The number of hydrogen-bond acceptors (Lipinski definition) is 4. The van der Waals surface area contributed by atoms with Crippen molar-refractivity contribution < 1.29 is 24.2 Å². The third-order valence-electron chi connectivity index (χ3n) is 3.33. The molecule has 112 valence electrons. The maximum atomic E-state index is 11.9. The van der Waals surface area contributed by atoms with E-state index in [1.807, 2.05) is 0 Å². The van der Waals surface area contributed by atoms with Gasteiger partial charge in [0.05, 0.1) is 0 Å². The van der Waals surface area contributed by atoms with Gasteiger partial charge in [0, 0.05) is 6.54 Å². The Morgan fingerprint density at radius 3 is 2.62 bits per heavy atom. The van der Waals surface area contributed by atoms with Crippen molar-refractivity contribution in [2.45, 2.75) is 19.4 Å². The Morgan fingerprint density at radius 1 is 1.33 bits per heavy atom. The maximum Gasteiger partial charge on any atom is 0.319 e. The van der Waals surface area contributed by atoms with Gasteiger partial charge in [-0.25, -0.2) is 0 Å². The second-order valence-corrected chi connectivity index (χ2v) is 4.97. The van der Waals surface area contributed by atoms with Crippen LogP contribution in [0.25, 0.3) is 0 Å². The largest absolute Gasteiger partial charge is 0.484 e. The Morgan fingerprint density at radius 2 is 2.05 bits per heavy atom. The van der Waals surface area contributed by atoms with Crippen LogP contribution in [0.4, 0.5) is 0 Å². The van der Waals surface area contributed by atoms with E-state index in [2.05, 4.69) is 5.32 Å². The number of benzene rings is 1. The van der Waals surface area contributed by atoms with Gasteiger partial charge in [-0.15, -0.1) is 0 Å². The molecule has 1 aromatic rings. The number of nitrogens with two attached hydrogens (primary N) is 1.